The molecule has 0 fully saturated rings. The number of rotatable bonds is 5. The van der Waals surface area contributed by atoms with E-state index in [1.54, 1.807) is 18.2 Å². The number of hydrogen-bond acceptors (Lipinski definition) is 8. The highest BCUT2D eigenvalue weighted by atomic mass is 32.2. The number of carbonyl (C=O) groups excluding carboxylic acids is 4. The number of sulfonamides is 1. The SMILES string of the molecule is C[C@H](N=C1NS(=O)(=O)c2ccccc21)C(=O)OCC(=O)Nc1ccc2c(c1)C(=O)N(C)C2=O. The van der Waals surface area contributed by atoms with Gasteiger partial charge in [-0.3, -0.25) is 29.0 Å². The molecule has 3 amide bonds. The van der Waals surface area contributed by atoms with Gasteiger partial charge in [0.05, 0.1) is 16.0 Å². The Hall–Kier alpha value is -4.06. The highest BCUT2D eigenvalue weighted by molar-refractivity contribution is 7.90. The second-order valence-corrected chi connectivity index (χ2v) is 8.99. The first-order chi connectivity index (χ1) is 15.6. The van der Waals surface area contributed by atoms with E-state index in [-0.39, 0.29) is 27.5 Å². The van der Waals surface area contributed by atoms with Crippen molar-refractivity contribution in [3.63, 3.8) is 0 Å². The van der Waals surface area contributed by atoms with Crippen LogP contribution in [0.25, 0.3) is 0 Å². The fourth-order valence-electron chi connectivity index (χ4n) is 3.37. The smallest absolute Gasteiger partial charge is 0.331 e. The average Bonchev–Trinajstić information content (AvgIpc) is 3.17. The summed E-state index contributed by atoms with van der Waals surface area (Å²) in [4.78, 5) is 53.5. The lowest BCUT2D eigenvalue weighted by Gasteiger charge is -2.10. The Balaban J connectivity index is 1.37. The van der Waals surface area contributed by atoms with Gasteiger partial charge in [-0.1, -0.05) is 12.1 Å². The molecular formula is C21H18N4O7S. The van der Waals surface area contributed by atoms with Crippen LogP contribution in [0.4, 0.5) is 5.69 Å². The molecule has 2 aliphatic heterocycles. The Morgan fingerprint density at radius 2 is 1.79 bits per heavy atom. The summed E-state index contributed by atoms with van der Waals surface area (Å²) in [6.07, 6.45) is 0. The van der Waals surface area contributed by atoms with Crippen molar-refractivity contribution in [1.82, 2.24) is 9.62 Å². The van der Waals surface area contributed by atoms with Gasteiger partial charge >= 0.3 is 5.97 Å². The minimum Gasteiger partial charge on any atom is -0.454 e. The largest absolute Gasteiger partial charge is 0.454 e. The van der Waals surface area contributed by atoms with Gasteiger partial charge in [0.1, 0.15) is 11.9 Å². The molecule has 0 bridgehead atoms. The van der Waals surface area contributed by atoms with Gasteiger partial charge in [0, 0.05) is 18.3 Å². The number of amidine groups is 1. The summed E-state index contributed by atoms with van der Waals surface area (Å²) in [5.74, 6) is -2.39. The summed E-state index contributed by atoms with van der Waals surface area (Å²) in [5, 5.41) is 2.49. The summed E-state index contributed by atoms with van der Waals surface area (Å²) >= 11 is 0. The molecule has 11 nitrogen and oxygen atoms in total. The van der Waals surface area contributed by atoms with Crippen molar-refractivity contribution < 1.29 is 32.3 Å². The molecule has 12 heteroatoms. The van der Waals surface area contributed by atoms with Gasteiger partial charge in [0.25, 0.3) is 27.7 Å². The van der Waals surface area contributed by atoms with E-state index >= 15 is 0 Å². The molecule has 0 aliphatic carbocycles. The van der Waals surface area contributed by atoms with Crippen LogP contribution < -0.4 is 10.0 Å². The van der Waals surface area contributed by atoms with Crippen LogP contribution in [0.1, 0.15) is 33.2 Å². The Bertz CT molecular complexity index is 1350. The zero-order valence-electron chi connectivity index (χ0n) is 17.5. The average molecular weight is 470 g/mol. The van der Waals surface area contributed by atoms with Gasteiger partial charge in [-0.25, -0.2) is 13.2 Å². The molecule has 0 aromatic heterocycles. The first-order valence-corrected chi connectivity index (χ1v) is 11.2. The van der Waals surface area contributed by atoms with Crippen LogP contribution in [0.5, 0.6) is 0 Å². The van der Waals surface area contributed by atoms with E-state index in [9.17, 15) is 27.6 Å². The molecule has 2 N–H and O–H groups in total. The standard InChI is InChI=1S/C21H18N4O7S/c1-11(22-18-14-5-3-4-6-16(14)33(30,31)24-18)21(29)32-10-17(26)23-12-7-8-13-15(9-12)20(28)25(2)19(13)27/h3-9,11H,10H2,1-2H3,(H,22,24)(H,23,26)/t11-/m0/s1. The summed E-state index contributed by atoms with van der Waals surface area (Å²) in [7, 11) is -2.38. The maximum Gasteiger partial charge on any atom is 0.331 e. The van der Waals surface area contributed by atoms with Gasteiger partial charge in [-0.15, -0.1) is 0 Å². The van der Waals surface area contributed by atoms with Gasteiger partial charge in [-0.2, -0.15) is 0 Å². The van der Waals surface area contributed by atoms with Crippen LogP contribution in [0, 0.1) is 0 Å². The van der Waals surface area contributed by atoms with Crippen LogP contribution >= 0.6 is 0 Å². The van der Waals surface area contributed by atoms with Crippen molar-refractivity contribution in [3.8, 4) is 0 Å². The Morgan fingerprint density at radius 1 is 1.09 bits per heavy atom. The zero-order chi connectivity index (χ0) is 23.9. The topological polar surface area (TPSA) is 151 Å². The molecule has 2 aliphatic rings. The number of amides is 3. The van der Waals surface area contributed by atoms with Crippen LogP contribution in [0.3, 0.4) is 0 Å². The maximum absolute atomic E-state index is 12.3. The number of esters is 1. The number of benzene rings is 2. The van der Waals surface area contributed by atoms with E-state index in [0.717, 1.165) is 4.90 Å². The minimum absolute atomic E-state index is 0.0156. The molecule has 33 heavy (non-hydrogen) atoms. The predicted octanol–water partition coefficient (Wildman–Crippen LogP) is 0.521. The van der Waals surface area contributed by atoms with Crippen molar-refractivity contribution in [2.24, 2.45) is 4.99 Å². The molecular weight excluding hydrogens is 452 g/mol. The molecule has 4 rings (SSSR count). The maximum atomic E-state index is 12.3. The van der Waals surface area contributed by atoms with Crippen molar-refractivity contribution in [2.45, 2.75) is 17.9 Å². The first kappa shape index (κ1) is 22.1. The normalized spacial score (nSPS) is 17.9. The molecule has 2 aromatic rings. The Morgan fingerprint density at radius 3 is 2.55 bits per heavy atom. The lowest BCUT2D eigenvalue weighted by molar-refractivity contribution is -0.148. The third-order valence-corrected chi connectivity index (χ3v) is 6.44. The molecule has 2 aromatic carbocycles. The summed E-state index contributed by atoms with van der Waals surface area (Å²) in [5.41, 5.74) is 1.01. The second-order valence-electron chi connectivity index (χ2n) is 7.34. The highest BCUT2D eigenvalue weighted by Crippen LogP contribution is 2.25. The molecule has 1 atom stereocenters. The number of anilines is 1. The highest BCUT2D eigenvalue weighted by Gasteiger charge is 2.33. The van der Waals surface area contributed by atoms with Gasteiger partial charge in [0.15, 0.2) is 6.61 Å². The second kappa shape index (κ2) is 8.13. The zero-order valence-corrected chi connectivity index (χ0v) is 18.3. The van der Waals surface area contributed by atoms with Gasteiger partial charge in [0.2, 0.25) is 0 Å². The fraction of sp³-hybridized carbons (Fsp3) is 0.190. The number of ether oxygens (including phenoxy) is 1. The quantitative estimate of drug-likeness (QED) is 0.477. The van der Waals surface area contributed by atoms with E-state index in [4.69, 9.17) is 4.74 Å². The number of nitrogens with zero attached hydrogens (tertiary/aromatic N) is 2. The van der Waals surface area contributed by atoms with E-state index < -0.39 is 46.4 Å². The predicted molar refractivity (Wildman–Crippen MR) is 115 cm³/mol. The van der Waals surface area contributed by atoms with E-state index in [2.05, 4.69) is 15.0 Å². The first-order valence-electron chi connectivity index (χ1n) is 9.71. The summed E-state index contributed by atoms with van der Waals surface area (Å²) < 4.78 is 31.5. The van der Waals surface area contributed by atoms with Crippen molar-refractivity contribution in [3.05, 3.63) is 59.2 Å². The molecule has 2 heterocycles. The van der Waals surface area contributed by atoms with E-state index in [0.29, 0.717) is 5.56 Å². The summed E-state index contributed by atoms with van der Waals surface area (Å²) in [6.45, 7) is 0.780. The van der Waals surface area contributed by atoms with Gasteiger partial charge in [-0.05, 0) is 37.3 Å². The molecule has 0 saturated carbocycles. The van der Waals surface area contributed by atoms with Gasteiger partial charge < -0.3 is 10.1 Å². The molecule has 170 valence electrons. The van der Waals surface area contributed by atoms with E-state index in [1.165, 1.54) is 38.2 Å². The lowest BCUT2D eigenvalue weighted by Crippen LogP contribution is -2.28. The summed E-state index contributed by atoms with van der Waals surface area (Å²) in [6, 6.07) is 9.38. The van der Waals surface area contributed by atoms with E-state index in [1.807, 2.05) is 0 Å². The number of nitrogens with one attached hydrogen (secondary N) is 2. The number of fused-ring (bicyclic) bond motifs is 2. The lowest BCUT2D eigenvalue weighted by atomic mass is 10.1. The van der Waals surface area contributed by atoms with Crippen molar-refractivity contribution in [1.29, 1.82) is 0 Å². The van der Waals surface area contributed by atoms with Crippen LogP contribution in [-0.2, 0) is 24.3 Å². The Kier molecular flexibility index (Phi) is 5.46. The monoisotopic (exact) mass is 470 g/mol. The Labute approximate surface area is 188 Å². The third-order valence-electron chi connectivity index (χ3n) is 5.05. The number of aliphatic imine (C=N–C) groups is 1. The van der Waals surface area contributed by atoms with Crippen LogP contribution in [0.2, 0.25) is 0 Å². The number of imide groups is 1. The molecule has 0 radical (unpaired) electrons. The van der Waals surface area contributed by atoms with Crippen LogP contribution in [-0.4, -0.2) is 62.5 Å². The fourth-order valence-corrected chi connectivity index (χ4v) is 4.61. The molecule has 0 spiro atoms. The number of carbonyl (C=O) groups is 4. The minimum atomic E-state index is -3.75. The van der Waals surface area contributed by atoms with Crippen molar-refractivity contribution in [2.75, 3.05) is 19.0 Å². The molecule has 0 saturated heterocycles. The third kappa shape index (κ3) is 4.07. The number of hydrogen-bond donors (Lipinski definition) is 2. The van der Waals surface area contributed by atoms with Crippen molar-refractivity contribution >= 4 is 45.2 Å². The van der Waals surface area contributed by atoms with Crippen LogP contribution in [0.15, 0.2) is 52.4 Å². The molecule has 0 unspecified atom stereocenters.